The highest BCUT2D eigenvalue weighted by molar-refractivity contribution is 7.13. The number of nitrogens with zero attached hydrogens (tertiary/aromatic N) is 2. The molecule has 3 rings (SSSR count). The summed E-state index contributed by atoms with van der Waals surface area (Å²) in [7, 11) is 0. The van der Waals surface area contributed by atoms with Crippen molar-refractivity contribution in [2.75, 3.05) is 18.4 Å². The number of nitrogens with one attached hydrogen (secondary N) is 1. The van der Waals surface area contributed by atoms with Crippen molar-refractivity contribution in [3.63, 3.8) is 0 Å². The lowest BCUT2D eigenvalue weighted by Gasteiger charge is -2.25. The SMILES string of the molecule is Cc1ccc(C(=O)Nc2nc(CN3CCCCC3)cs2)c(C)c1. The third-order valence-corrected chi connectivity index (χ3v) is 5.04. The number of hydrogen-bond donors (Lipinski definition) is 1. The molecule has 0 bridgehead atoms. The molecule has 0 saturated carbocycles. The van der Waals surface area contributed by atoms with Crippen LogP contribution in [0.3, 0.4) is 0 Å². The van der Waals surface area contributed by atoms with Crippen LogP contribution in [0.15, 0.2) is 23.6 Å². The monoisotopic (exact) mass is 329 g/mol. The lowest BCUT2D eigenvalue weighted by atomic mass is 10.1. The predicted octanol–water partition coefficient (Wildman–Crippen LogP) is 4.00. The number of piperidine rings is 1. The minimum absolute atomic E-state index is 0.0821. The molecule has 1 aromatic heterocycles. The number of aromatic nitrogens is 1. The summed E-state index contributed by atoms with van der Waals surface area (Å²) in [6, 6.07) is 5.87. The van der Waals surface area contributed by atoms with Crippen molar-refractivity contribution in [3.05, 3.63) is 46.0 Å². The van der Waals surface area contributed by atoms with E-state index in [9.17, 15) is 4.79 Å². The number of aryl methyl sites for hydroxylation is 2. The maximum atomic E-state index is 12.4. The van der Waals surface area contributed by atoms with Gasteiger partial charge in [-0.3, -0.25) is 15.0 Å². The fourth-order valence-corrected chi connectivity index (χ4v) is 3.71. The third-order valence-electron chi connectivity index (χ3n) is 4.23. The quantitative estimate of drug-likeness (QED) is 0.922. The van der Waals surface area contributed by atoms with E-state index in [-0.39, 0.29) is 5.91 Å². The molecule has 1 aliphatic heterocycles. The van der Waals surface area contributed by atoms with Gasteiger partial charge in [-0.15, -0.1) is 11.3 Å². The number of benzene rings is 1. The van der Waals surface area contributed by atoms with E-state index in [0.29, 0.717) is 10.7 Å². The van der Waals surface area contributed by atoms with Crippen LogP contribution in [0.2, 0.25) is 0 Å². The molecule has 2 aromatic rings. The summed E-state index contributed by atoms with van der Waals surface area (Å²) in [5.74, 6) is -0.0821. The molecule has 1 saturated heterocycles. The molecule has 0 radical (unpaired) electrons. The summed E-state index contributed by atoms with van der Waals surface area (Å²) in [4.78, 5) is 19.4. The van der Waals surface area contributed by atoms with Gasteiger partial charge in [0.05, 0.1) is 5.69 Å². The lowest BCUT2D eigenvalue weighted by Crippen LogP contribution is -2.29. The normalized spacial score (nSPS) is 15.6. The highest BCUT2D eigenvalue weighted by Crippen LogP contribution is 2.20. The van der Waals surface area contributed by atoms with Gasteiger partial charge in [0.2, 0.25) is 0 Å². The van der Waals surface area contributed by atoms with Crippen molar-refractivity contribution in [3.8, 4) is 0 Å². The van der Waals surface area contributed by atoms with Gasteiger partial charge >= 0.3 is 0 Å². The van der Waals surface area contributed by atoms with Crippen molar-refractivity contribution in [1.82, 2.24) is 9.88 Å². The zero-order valence-electron chi connectivity index (χ0n) is 13.8. The van der Waals surface area contributed by atoms with Gasteiger partial charge in [0.1, 0.15) is 0 Å². The molecular formula is C18H23N3OS. The first-order chi connectivity index (χ1) is 11.1. The summed E-state index contributed by atoms with van der Waals surface area (Å²) in [5.41, 5.74) is 3.92. The Hall–Kier alpha value is -1.72. The average molecular weight is 329 g/mol. The molecule has 4 nitrogen and oxygen atoms in total. The van der Waals surface area contributed by atoms with Crippen molar-refractivity contribution in [1.29, 1.82) is 0 Å². The van der Waals surface area contributed by atoms with Crippen LogP contribution in [0.5, 0.6) is 0 Å². The van der Waals surface area contributed by atoms with Gasteiger partial charge in [0, 0.05) is 17.5 Å². The molecular weight excluding hydrogens is 306 g/mol. The van der Waals surface area contributed by atoms with Gasteiger partial charge in [0.15, 0.2) is 5.13 Å². The smallest absolute Gasteiger partial charge is 0.257 e. The average Bonchev–Trinajstić information content (AvgIpc) is 2.95. The Morgan fingerprint density at radius 2 is 2.04 bits per heavy atom. The van der Waals surface area contributed by atoms with Crippen LogP contribution in [0.1, 0.15) is 46.4 Å². The largest absolute Gasteiger partial charge is 0.298 e. The minimum atomic E-state index is -0.0821. The van der Waals surface area contributed by atoms with Gasteiger partial charge in [-0.25, -0.2) is 4.98 Å². The van der Waals surface area contributed by atoms with E-state index in [1.807, 2.05) is 37.4 Å². The summed E-state index contributed by atoms with van der Waals surface area (Å²) < 4.78 is 0. The Labute approximate surface area is 141 Å². The number of carbonyl (C=O) groups excluding carboxylic acids is 1. The number of rotatable bonds is 4. The highest BCUT2D eigenvalue weighted by atomic mass is 32.1. The van der Waals surface area contributed by atoms with E-state index in [1.54, 1.807) is 0 Å². The first kappa shape index (κ1) is 16.1. The number of carbonyl (C=O) groups is 1. The van der Waals surface area contributed by atoms with Crippen LogP contribution in [-0.4, -0.2) is 28.9 Å². The molecule has 1 amide bonds. The van der Waals surface area contributed by atoms with Crippen molar-refractivity contribution in [2.45, 2.75) is 39.7 Å². The van der Waals surface area contributed by atoms with Crippen LogP contribution in [0.4, 0.5) is 5.13 Å². The van der Waals surface area contributed by atoms with Gasteiger partial charge in [-0.1, -0.05) is 24.1 Å². The molecule has 0 atom stereocenters. The van der Waals surface area contributed by atoms with Gasteiger partial charge < -0.3 is 0 Å². The fourth-order valence-electron chi connectivity index (χ4n) is 3.02. The van der Waals surface area contributed by atoms with Crippen LogP contribution >= 0.6 is 11.3 Å². The third kappa shape index (κ3) is 4.18. The predicted molar refractivity (Wildman–Crippen MR) is 95.1 cm³/mol. The van der Waals surface area contributed by atoms with Crippen LogP contribution in [0, 0.1) is 13.8 Å². The standard InChI is InChI=1S/C18H23N3OS/c1-13-6-7-16(14(2)10-13)17(22)20-18-19-15(12-23-18)11-21-8-4-3-5-9-21/h6-7,10,12H,3-5,8-9,11H2,1-2H3,(H,19,20,22). The van der Waals surface area contributed by atoms with Gasteiger partial charge in [-0.05, 0) is 51.4 Å². The van der Waals surface area contributed by atoms with Gasteiger partial charge in [-0.2, -0.15) is 0 Å². The summed E-state index contributed by atoms with van der Waals surface area (Å²) in [5, 5.41) is 5.66. The van der Waals surface area contributed by atoms with Crippen LogP contribution in [0.25, 0.3) is 0 Å². The second kappa shape index (κ2) is 7.23. The summed E-state index contributed by atoms with van der Waals surface area (Å²) >= 11 is 1.50. The first-order valence-corrected chi connectivity index (χ1v) is 9.05. The van der Waals surface area contributed by atoms with Crippen LogP contribution < -0.4 is 5.32 Å². The molecule has 0 spiro atoms. The Kier molecular flexibility index (Phi) is 5.08. The van der Waals surface area contributed by atoms with Crippen molar-refractivity contribution < 1.29 is 4.79 Å². The summed E-state index contributed by atoms with van der Waals surface area (Å²) in [6.45, 7) is 7.19. The maximum Gasteiger partial charge on any atom is 0.257 e. The van der Waals surface area contributed by atoms with E-state index in [4.69, 9.17) is 0 Å². The molecule has 122 valence electrons. The van der Waals surface area contributed by atoms with E-state index in [2.05, 4.69) is 15.2 Å². The Bertz CT molecular complexity index is 689. The number of likely N-dealkylation sites (tertiary alicyclic amines) is 1. The molecule has 1 fully saturated rings. The van der Waals surface area contributed by atoms with Crippen molar-refractivity contribution in [2.24, 2.45) is 0 Å². The Balaban J connectivity index is 1.62. The maximum absolute atomic E-state index is 12.4. The molecule has 2 heterocycles. The van der Waals surface area contributed by atoms with E-state index < -0.39 is 0 Å². The molecule has 0 unspecified atom stereocenters. The number of thiazole rings is 1. The fraction of sp³-hybridized carbons (Fsp3) is 0.444. The molecule has 1 N–H and O–H groups in total. The molecule has 1 aromatic carbocycles. The first-order valence-electron chi connectivity index (χ1n) is 8.17. The van der Waals surface area contributed by atoms with Crippen molar-refractivity contribution >= 4 is 22.4 Å². The second-order valence-electron chi connectivity index (χ2n) is 6.25. The van der Waals surface area contributed by atoms with E-state index >= 15 is 0 Å². The number of amides is 1. The number of anilines is 1. The zero-order chi connectivity index (χ0) is 16.2. The van der Waals surface area contributed by atoms with E-state index in [0.717, 1.165) is 36.5 Å². The minimum Gasteiger partial charge on any atom is -0.298 e. The topological polar surface area (TPSA) is 45.2 Å². The van der Waals surface area contributed by atoms with E-state index in [1.165, 1.54) is 30.6 Å². The van der Waals surface area contributed by atoms with Crippen LogP contribution in [-0.2, 0) is 6.54 Å². The highest BCUT2D eigenvalue weighted by Gasteiger charge is 2.14. The zero-order valence-corrected chi connectivity index (χ0v) is 14.6. The summed E-state index contributed by atoms with van der Waals surface area (Å²) in [6.07, 6.45) is 3.89. The lowest BCUT2D eigenvalue weighted by molar-refractivity contribution is 0.102. The Morgan fingerprint density at radius 1 is 1.26 bits per heavy atom. The molecule has 5 heteroatoms. The molecule has 23 heavy (non-hydrogen) atoms. The molecule has 0 aliphatic carbocycles. The molecule has 1 aliphatic rings. The Morgan fingerprint density at radius 3 is 2.78 bits per heavy atom. The number of hydrogen-bond acceptors (Lipinski definition) is 4. The second-order valence-corrected chi connectivity index (χ2v) is 7.11. The van der Waals surface area contributed by atoms with Gasteiger partial charge in [0.25, 0.3) is 5.91 Å².